The maximum atomic E-state index is 12.5. The first-order valence-corrected chi connectivity index (χ1v) is 8.78. The number of nitrogens with zero attached hydrogens (tertiary/aromatic N) is 6. The van der Waals surface area contributed by atoms with Gasteiger partial charge in [-0.1, -0.05) is 23.1 Å². The van der Waals surface area contributed by atoms with Gasteiger partial charge in [0.2, 0.25) is 16.0 Å². The molecule has 26 heavy (non-hydrogen) atoms. The van der Waals surface area contributed by atoms with Crippen LogP contribution in [0.25, 0.3) is 11.4 Å². The smallest absolute Gasteiger partial charge is 0.305 e. The van der Waals surface area contributed by atoms with Crippen molar-refractivity contribution in [2.24, 2.45) is 7.05 Å². The minimum absolute atomic E-state index is 0.0662. The number of nitrogens with one attached hydrogen (secondary N) is 1. The number of amides is 1. The second-order valence-corrected chi connectivity index (χ2v) is 6.77. The van der Waals surface area contributed by atoms with Crippen molar-refractivity contribution in [3.8, 4) is 11.4 Å². The van der Waals surface area contributed by atoms with Gasteiger partial charge in [0.1, 0.15) is 0 Å². The third-order valence-electron chi connectivity index (χ3n) is 3.02. The molecule has 0 fully saturated rings. The molecule has 0 aliphatic rings. The van der Waals surface area contributed by atoms with Gasteiger partial charge in [-0.15, -0.1) is 20.4 Å². The van der Waals surface area contributed by atoms with E-state index in [0.717, 1.165) is 17.3 Å². The summed E-state index contributed by atoms with van der Waals surface area (Å²) in [5, 5.41) is 15.8. The molecule has 8 nitrogen and oxygen atoms in total. The van der Waals surface area contributed by atoms with Gasteiger partial charge in [-0.2, -0.15) is 13.2 Å². The largest absolute Gasteiger partial charge is 0.445 e. The molecule has 3 heterocycles. The molecule has 0 saturated carbocycles. The zero-order valence-electron chi connectivity index (χ0n) is 13.1. The third-order valence-corrected chi connectivity index (χ3v) is 4.92. The molecule has 3 rings (SSSR count). The van der Waals surface area contributed by atoms with E-state index >= 15 is 0 Å². The van der Waals surface area contributed by atoms with E-state index in [4.69, 9.17) is 0 Å². The number of carbonyl (C=O) groups is 1. The first-order valence-electron chi connectivity index (χ1n) is 6.97. The number of aromatic nitrogens is 6. The van der Waals surface area contributed by atoms with Crippen LogP contribution >= 0.6 is 23.1 Å². The van der Waals surface area contributed by atoms with Gasteiger partial charge in [-0.05, 0) is 12.1 Å². The predicted octanol–water partition coefficient (Wildman–Crippen LogP) is 2.48. The minimum Gasteiger partial charge on any atom is -0.305 e. The van der Waals surface area contributed by atoms with E-state index < -0.39 is 17.1 Å². The number of alkyl halides is 3. The fourth-order valence-corrected chi connectivity index (χ4v) is 3.20. The van der Waals surface area contributed by atoms with Crippen molar-refractivity contribution >= 4 is 34.1 Å². The molecule has 0 unspecified atom stereocenters. The van der Waals surface area contributed by atoms with Crippen LogP contribution in [0.5, 0.6) is 0 Å². The summed E-state index contributed by atoms with van der Waals surface area (Å²) in [6, 6.07) is 3.55. The van der Waals surface area contributed by atoms with Crippen LogP contribution < -0.4 is 5.32 Å². The van der Waals surface area contributed by atoms with E-state index in [1.807, 2.05) is 0 Å². The highest BCUT2D eigenvalue weighted by Gasteiger charge is 2.35. The van der Waals surface area contributed by atoms with Crippen LogP contribution in [0.3, 0.4) is 0 Å². The van der Waals surface area contributed by atoms with Gasteiger partial charge < -0.3 is 4.57 Å². The second kappa shape index (κ2) is 7.37. The van der Waals surface area contributed by atoms with Crippen LogP contribution in [-0.2, 0) is 18.0 Å². The summed E-state index contributed by atoms with van der Waals surface area (Å²) in [7, 11) is 1.75. The Labute approximate surface area is 152 Å². The molecule has 0 spiro atoms. The first-order chi connectivity index (χ1) is 12.3. The third kappa shape index (κ3) is 4.16. The van der Waals surface area contributed by atoms with Gasteiger partial charge >= 0.3 is 6.18 Å². The number of pyridine rings is 1. The van der Waals surface area contributed by atoms with Crippen LogP contribution in [0.1, 0.15) is 5.01 Å². The highest BCUT2D eigenvalue weighted by atomic mass is 32.2. The van der Waals surface area contributed by atoms with Crippen LogP contribution in [-0.4, -0.2) is 41.6 Å². The van der Waals surface area contributed by atoms with E-state index in [0.29, 0.717) is 11.0 Å². The molecular weight excluding hydrogens is 391 g/mol. The molecule has 0 radical (unpaired) electrons. The Morgan fingerprint density at radius 2 is 1.96 bits per heavy atom. The van der Waals surface area contributed by atoms with Crippen LogP contribution in [0.4, 0.5) is 18.3 Å². The fraction of sp³-hybridized carbons (Fsp3) is 0.231. The molecule has 13 heteroatoms. The summed E-state index contributed by atoms with van der Waals surface area (Å²) in [6.07, 6.45) is -1.33. The molecule has 3 aromatic heterocycles. The summed E-state index contributed by atoms with van der Waals surface area (Å²) in [6.45, 7) is 0. The Hall–Kier alpha value is -2.54. The summed E-state index contributed by atoms with van der Waals surface area (Å²) >= 11 is 1.36. The number of halogens is 3. The lowest BCUT2D eigenvalue weighted by atomic mass is 10.2. The van der Waals surface area contributed by atoms with E-state index in [9.17, 15) is 18.0 Å². The molecule has 136 valence electrons. The summed E-state index contributed by atoms with van der Waals surface area (Å²) in [5.41, 5.74) is 0.819. The molecular formula is C13H10F3N7OS2. The zero-order valence-corrected chi connectivity index (χ0v) is 14.7. The van der Waals surface area contributed by atoms with E-state index in [-0.39, 0.29) is 22.2 Å². The van der Waals surface area contributed by atoms with Gasteiger partial charge in [0.15, 0.2) is 11.0 Å². The van der Waals surface area contributed by atoms with Gasteiger partial charge in [-0.3, -0.25) is 15.1 Å². The number of thioether (sulfide) groups is 1. The van der Waals surface area contributed by atoms with Gasteiger partial charge in [0.05, 0.1) is 5.75 Å². The topological polar surface area (TPSA) is 98.5 Å². The van der Waals surface area contributed by atoms with Crippen molar-refractivity contribution in [3.63, 3.8) is 0 Å². The normalized spacial score (nSPS) is 11.5. The summed E-state index contributed by atoms with van der Waals surface area (Å²) in [4.78, 5) is 15.8. The molecule has 0 bridgehead atoms. The minimum atomic E-state index is -4.59. The maximum Gasteiger partial charge on any atom is 0.445 e. The van der Waals surface area contributed by atoms with E-state index in [1.165, 1.54) is 0 Å². The van der Waals surface area contributed by atoms with Crippen LogP contribution in [0.2, 0.25) is 0 Å². The molecule has 1 N–H and O–H groups in total. The number of rotatable bonds is 5. The van der Waals surface area contributed by atoms with Crippen molar-refractivity contribution in [1.29, 1.82) is 0 Å². The van der Waals surface area contributed by atoms with Crippen LogP contribution in [0, 0.1) is 0 Å². The lowest BCUT2D eigenvalue weighted by Gasteiger charge is -2.03. The van der Waals surface area contributed by atoms with Crippen LogP contribution in [0.15, 0.2) is 29.7 Å². The Bertz CT molecular complexity index is 910. The van der Waals surface area contributed by atoms with Crippen molar-refractivity contribution in [3.05, 3.63) is 29.5 Å². The van der Waals surface area contributed by atoms with Crippen molar-refractivity contribution < 1.29 is 18.0 Å². The average Bonchev–Trinajstić information content (AvgIpc) is 3.20. The number of carbonyl (C=O) groups excluding carboxylic acids is 1. The Balaban J connectivity index is 1.60. The summed E-state index contributed by atoms with van der Waals surface area (Å²) < 4.78 is 39.1. The quantitative estimate of drug-likeness (QED) is 0.656. The average molecular weight is 401 g/mol. The maximum absolute atomic E-state index is 12.5. The highest BCUT2D eigenvalue weighted by Crippen LogP contribution is 2.33. The van der Waals surface area contributed by atoms with Crippen molar-refractivity contribution in [2.45, 2.75) is 11.3 Å². The molecule has 0 aliphatic carbocycles. The molecule has 0 aromatic carbocycles. The number of hydrogen-bond donors (Lipinski definition) is 1. The Kier molecular flexibility index (Phi) is 5.18. The molecule has 1 amide bonds. The standard InChI is InChI=1S/C13H10F3N7OS2/c1-23-9(7-2-4-17-5-3-7)19-22-12(23)25-6-8(24)18-11-21-20-10(26-11)13(14,15)16/h2-5H,6H2,1H3,(H,18,21,24). The summed E-state index contributed by atoms with van der Waals surface area (Å²) in [5.74, 6) is 0.0195. The van der Waals surface area contributed by atoms with Gasteiger partial charge in [0, 0.05) is 25.0 Å². The SMILES string of the molecule is Cn1c(SCC(=O)Nc2nnc(C(F)(F)F)s2)nnc1-c1ccncc1. The number of anilines is 1. The van der Waals surface area contributed by atoms with Crippen molar-refractivity contribution in [2.75, 3.05) is 11.1 Å². The predicted molar refractivity (Wildman–Crippen MR) is 88.5 cm³/mol. The number of hydrogen-bond acceptors (Lipinski definition) is 8. The van der Waals surface area contributed by atoms with Gasteiger partial charge in [-0.25, -0.2) is 0 Å². The molecule has 3 aromatic rings. The van der Waals surface area contributed by atoms with E-state index in [1.54, 1.807) is 36.1 Å². The lowest BCUT2D eigenvalue weighted by Crippen LogP contribution is -2.14. The zero-order chi connectivity index (χ0) is 18.7. The highest BCUT2D eigenvalue weighted by molar-refractivity contribution is 7.99. The monoisotopic (exact) mass is 401 g/mol. The Morgan fingerprint density at radius 1 is 1.23 bits per heavy atom. The van der Waals surface area contributed by atoms with Gasteiger partial charge in [0.25, 0.3) is 0 Å². The first kappa shape index (κ1) is 18.3. The molecule has 0 saturated heterocycles. The van der Waals surface area contributed by atoms with E-state index in [2.05, 4.69) is 30.7 Å². The second-order valence-electron chi connectivity index (χ2n) is 4.85. The molecule has 0 atom stereocenters. The lowest BCUT2D eigenvalue weighted by molar-refractivity contribution is -0.138. The fourth-order valence-electron chi connectivity index (χ4n) is 1.87. The van der Waals surface area contributed by atoms with Crippen molar-refractivity contribution in [1.82, 2.24) is 29.9 Å². The Morgan fingerprint density at radius 3 is 2.62 bits per heavy atom. The molecule has 0 aliphatic heterocycles.